The molecule has 1 N–H and O–H groups in total. The lowest BCUT2D eigenvalue weighted by Crippen LogP contribution is -2.15. The minimum atomic E-state index is 0.576. The summed E-state index contributed by atoms with van der Waals surface area (Å²) >= 11 is 0. The van der Waals surface area contributed by atoms with E-state index in [9.17, 15) is 0 Å². The van der Waals surface area contributed by atoms with E-state index < -0.39 is 0 Å². The number of rotatable bonds is 4. The molecule has 2 aromatic heterocycles. The number of nitrogens with one attached hydrogen (secondary N) is 1. The van der Waals surface area contributed by atoms with Gasteiger partial charge in [0, 0.05) is 35.9 Å². The minimum absolute atomic E-state index is 0.576. The Morgan fingerprint density at radius 3 is 2.05 bits per heavy atom. The van der Waals surface area contributed by atoms with Crippen LogP contribution < -0.4 is 5.32 Å². The van der Waals surface area contributed by atoms with E-state index in [-0.39, 0.29) is 0 Å². The monoisotopic (exact) mass is 257 g/mol. The standard InChI is InChI=1S/C14H19N5/c1-5-15-8-12-10(3)18-14(19-11(12)4)13-16-6-9(2)7-17-13/h6-7,15H,5,8H2,1-4H3. The van der Waals surface area contributed by atoms with Crippen molar-refractivity contribution in [3.63, 3.8) is 0 Å². The molecule has 2 heterocycles. The maximum absolute atomic E-state index is 4.51. The second-order valence-corrected chi connectivity index (χ2v) is 4.56. The van der Waals surface area contributed by atoms with E-state index >= 15 is 0 Å². The van der Waals surface area contributed by atoms with Crippen molar-refractivity contribution in [3.05, 3.63) is 34.9 Å². The van der Waals surface area contributed by atoms with Gasteiger partial charge in [-0.05, 0) is 32.9 Å². The normalized spacial score (nSPS) is 10.7. The predicted molar refractivity (Wildman–Crippen MR) is 74.6 cm³/mol. The first-order valence-corrected chi connectivity index (χ1v) is 6.45. The summed E-state index contributed by atoms with van der Waals surface area (Å²) in [7, 11) is 0. The highest BCUT2D eigenvalue weighted by Gasteiger charge is 2.11. The highest BCUT2D eigenvalue weighted by Crippen LogP contribution is 2.15. The maximum atomic E-state index is 4.51. The third-order valence-corrected chi connectivity index (χ3v) is 2.95. The lowest BCUT2D eigenvalue weighted by molar-refractivity contribution is 0.710. The fourth-order valence-electron chi connectivity index (χ4n) is 1.85. The SMILES string of the molecule is CCNCc1c(C)nc(-c2ncc(C)cn2)nc1C. The van der Waals surface area contributed by atoms with Gasteiger partial charge in [-0.3, -0.25) is 0 Å². The van der Waals surface area contributed by atoms with E-state index in [2.05, 4.69) is 32.2 Å². The first-order valence-electron chi connectivity index (χ1n) is 6.45. The molecule has 0 unspecified atom stereocenters. The summed E-state index contributed by atoms with van der Waals surface area (Å²) in [5.41, 5.74) is 4.14. The van der Waals surface area contributed by atoms with Crippen molar-refractivity contribution in [2.24, 2.45) is 0 Å². The average Bonchev–Trinajstić information content (AvgIpc) is 2.38. The van der Waals surface area contributed by atoms with Crippen LogP contribution in [0.1, 0.15) is 29.4 Å². The summed E-state index contributed by atoms with van der Waals surface area (Å²) in [5, 5.41) is 3.30. The second-order valence-electron chi connectivity index (χ2n) is 4.56. The van der Waals surface area contributed by atoms with Crippen molar-refractivity contribution in [2.75, 3.05) is 6.54 Å². The second kappa shape index (κ2) is 5.84. The van der Waals surface area contributed by atoms with Gasteiger partial charge in [-0.25, -0.2) is 19.9 Å². The molecule has 0 radical (unpaired) electrons. The van der Waals surface area contributed by atoms with Crippen molar-refractivity contribution < 1.29 is 0 Å². The first-order chi connectivity index (χ1) is 9.11. The number of aryl methyl sites for hydroxylation is 3. The summed E-state index contributed by atoms with van der Waals surface area (Å²) in [5.74, 6) is 1.17. The zero-order chi connectivity index (χ0) is 13.8. The number of aromatic nitrogens is 4. The molecule has 0 amide bonds. The van der Waals surface area contributed by atoms with Gasteiger partial charge in [0.15, 0.2) is 11.6 Å². The third kappa shape index (κ3) is 3.12. The predicted octanol–water partition coefficient (Wildman–Crippen LogP) is 1.97. The summed E-state index contributed by atoms with van der Waals surface area (Å²) in [6, 6.07) is 0. The molecule has 0 bridgehead atoms. The van der Waals surface area contributed by atoms with Crippen LogP contribution in [0.4, 0.5) is 0 Å². The average molecular weight is 257 g/mol. The van der Waals surface area contributed by atoms with Crippen LogP contribution in [0.25, 0.3) is 11.6 Å². The maximum Gasteiger partial charge on any atom is 0.198 e. The summed E-state index contributed by atoms with van der Waals surface area (Å²) in [6.07, 6.45) is 3.56. The van der Waals surface area contributed by atoms with Gasteiger partial charge in [-0.1, -0.05) is 6.92 Å². The molecule has 5 heteroatoms. The molecule has 2 aromatic rings. The first kappa shape index (κ1) is 13.5. The van der Waals surface area contributed by atoms with Gasteiger partial charge in [-0.15, -0.1) is 0 Å². The Bertz CT molecular complexity index is 540. The van der Waals surface area contributed by atoms with Gasteiger partial charge in [0.25, 0.3) is 0 Å². The smallest absolute Gasteiger partial charge is 0.198 e. The van der Waals surface area contributed by atoms with Crippen molar-refractivity contribution in [1.82, 2.24) is 25.3 Å². The van der Waals surface area contributed by atoms with Gasteiger partial charge >= 0.3 is 0 Å². The lowest BCUT2D eigenvalue weighted by Gasteiger charge is -2.10. The van der Waals surface area contributed by atoms with Crippen molar-refractivity contribution in [3.8, 4) is 11.6 Å². The van der Waals surface area contributed by atoms with Crippen LogP contribution in [0.15, 0.2) is 12.4 Å². The quantitative estimate of drug-likeness (QED) is 0.907. The molecular formula is C14H19N5. The summed E-state index contributed by atoms with van der Waals surface area (Å²) in [4.78, 5) is 17.6. The van der Waals surface area contributed by atoms with E-state index in [1.807, 2.05) is 20.8 Å². The zero-order valence-corrected chi connectivity index (χ0v) is 11.9. The molecule has 19 heavy (non-hydrogen) atoms. The Morgan fingerprint density at radius 1 is 0.947 bits per heavy atom. The Kier molecular flexibility index (Phi) is 4.16. The van der Waals surface area contributed by atoms with Gasteiger partial charge in [0.2, 0.25) is 0 Å². The molecule has 0 fully saturated rings. The largest absolute Gasteiger partial charge is 0.313 e. The molecule has 0 saturated carbocycles. The van der Waals surface area contributed by atoms with Crippen molar-refractivity contribution >= 4 is 0 Å². The Hall–Kier alpha value is -1.88. The molecular weight excluding hydrogens is 238 g/mol. The van der Waals surface area contributed by atoms with Crippen molar-refractivity contribution in [2.45, 2.75) is 34.2 Å². The Labute approximate surface area is 113 Å². The molecule has 0 aliphatic carbocycles. The molecule has 0 atom stereocenters. The van der Waals surface area contributed by atoms with E-state index in [1.54, 1.807) is 12.4 Å². The molecule has 0 aliphatic heterocycles. The van der Waals surface area contributed by atoms with Gasteiger partial charge < -0.3 is 5.32 Å². The van der Waals surface area contributed by atoms with Gasteiger partial charge in [-0.2, -0.15) is 0 Å². The Balaban J connectivity index is 2.36. The van der Waals surface area contributed by atoms with E-state index in [4.69, 9.17) is 0 Å². The molecule has 5 nitrogen and oxygen atoms in total. The van der Waals surface area contributed by atoms with E-state index in [0.29, 0.717) is 11.6 Å². The highest BCUT2D eigenvalue weighted by molar-refractivity contribution is 5.45. The van der Waals surface area contributed by atoms with E-state index in [1.165, 1.54) is 0 Å². The minimum Gasteiger partial charge on any atom is -0.313 e. The molecule has 2 rings (SSSR count). The van der Waals surface area contributed by atoms with Gasteiger partial charge in [0.05, 0.1) is 0 Å². The Morgan fingerprint density at radius 2 is 1.53 bits per heavy atom. The molecule has 100 valence electrons. The van der Waals surface area contributed by atoms with Crippen LogP contribution in [-0.4, -0.2) is 26.5 Å². The zero-order valence-electron chi connectivity index (χ0n) is 11.9. The van der Waals surface area contributed by atoms with Crippen LogP contribution in [0.5, 0.6) is 0 Å². The van der Waals surface area contributed by atoms with E-state index in [0.717, 1.165) is 35.6 Å². The van der Waals surface area contributed by atoms with Gasteiger partial charge in [0.1, 0.15) is 0 Å². The number of hydrogen-bond donors (Lipinski definition) is 1. The fraction of sp³-hybridized carbons (Fsp3) is 0.429. The lowest BCUT2D eigenvalue weighted by atomic mass is 10.1. The topological polar surface area (TPSA) is 63.6 Å². The van der Waals surface area contributed by atoms with Crippen LogP contribution >= 0.6 is 0 Å². The van der Waals surface area contributed by atoms with Crippen LogP contribution in [0, 0.1) is 20.8 Å². The highest BCUT2D eigenvalue weighted by atomic mass is 15.0. The number of nitrogens with zero attached hydrogens (tertiary/aromatic N) is 4. The van der Waals surface area contributed by atoms with Crippen LogP contribution in [0.3, 0.4) is 0 Å². The molecule has 0 aliphatic rings. The fourth-order valence-corrected chi connectivity index (χ4v) is 1.85. The van der Waals surface area contributed by atoms with Crippen LogP contribution in [-0.2, 0) is 6.54 Å². The summed E-state index contributed by atoms with van der Waals surface area (Å²) < 4.78 is 0. The summed E-state index contributed by atoms with van der Waals surface area (Å²) in [6.45, 7) is 9.77. The van der Waals surface area contributed by atoms with Crippen molar-refractivity contribution in [1.29, 1.82) is 0 Å². The van der Waals surface area contributed by atoms with Crippen LogP contribution in [0.2, 0.25) is 0 Å². The molecule has 0 saturated heterocycles. The number of hydrogen-bond acceptors (Lipinski definition) is 5. The molecule has 0 aromatic carbocycles. The molecule has 0 spiro atoms. The third-order valence-electron chi connectivity index (χ3n) is 2.95.